The van der Waals surface area contributed by atoms with Crippen molar-refractivity contribution in [3.63, 3.8) is 0 Å². The molecule has 8 nitrogen and oxygen atoms in total. The average molecular weight is 458 g/mol. The highest BCUT2D eigenvalue weighted by Crippen LogP contribution is 2.33. The Morgan fingerprint density at radius 1 is 1.17 bits per heavy atom. The normalized spacial score (nSPS) is 10.9. The number of anilines is 1. The minimum Gasteiger partial charge on any atom is -0.495 e. The third kappa shape index (κ3) is 3.61. The number of H-pyrrole nitrogens is 1. The molecule has 0 bridgehead atoms. The van der Waals surface area contributed by atoms with E-state index in [4.69, 9.17) is 4.74 Å². The molecule has 10 heteroatoms. The summed E-state index contributed by atoms with van der Waals surface area (Å²) in [6.07, 6.45) is 0. The van der Waals surface area contributed by atoms with Crippen LogP contribution in [0.1, 0.15) is 10.4 Å². The lowest BCUT2D eigenvalue weighted by Crippen LogP contribution is -2.20. The average Bonchev–Trinajstić information content (AvgIpc) is 3.14. The summed E-state index contributed by atoms with van der Waals surface area (Å²) in [7, 11) is 1.48. The number of nitrogens with one attached hydrogen (secondary N) is 2. The number of aromatic amines is 1. The van der Waals surface area contributed by atoms with Crippen LogP contribution < -0.4 is 15.7 Å². The van der Waals surface area contributed by atoms with Crippen molar-refractivity contribution < 1.29 is 13.9 Å². The van der Waals surface area contributed by atoms with Crippen molar-refractivity contribution in [3.8, 4) is 11.4 Å². The van der Waals surface area contributed by atoms with Gasteiger partial charge in [0.2, 0.25) is 0 Å². The molecule has 0 unspecified atom stereocenters. The van der Waals surface area contributed by atoms with Crippen LogP contribution in [0.5, 0.6) is 5.75 Å². The van der Waals surface area contributed by atoms with Crippen LogP contribution >= 0.6 is 15.9 Å². The number of ether oxygens (including phenoxy) is 1. The zero-order chi connectivity index (χ0) is 20.5. The fourth-order valence-corrected chi connectivity index (χ4v) is 3.38. The first-order valence-electron chi connectivity index (χ1n) is 8.35. The molecule has 4 aromatic rings. The van der Waals surface area contributed by atoms with Crippen LogP contribution in [0.25, 0.3) is 16.5 Å². The van der Waals surface area contributed by atoms with Gasteiger partial charge >= 0.3 is 5.69 Å². The number of methoxy groups -OCH3 is 1. The summed E-state index contributed by atoms with van der Waals surface area (Å²) in [4.78, 5) is 24.8. The van der Waals surface area contributed by atoms with Gasteiger partial charge in [-0.25, -0.2) is 14.3 Å². The fourth-order valence-electron chi connectivity index (χ4n) is 2.88. The van der Waals surface area contributed by atoms with Gasteiger partial charge in [-0.1, -0.05) is 12.1 Å². The molecule has 3 aromatic carbocycles. The van der Waals surface area contributed by atoms with Crippen molar-refractivity contribution in [1.82, 2.24) is 20.2 Å². The summed E-state index contributed by atoms with van der Waals surface area (Å²) in [6, 6.07) is 12.4. The first kappa shape index (κ1) is 18.8. The Labute approximate surface area is 171 Å². The lowest BCUT2D eigenvalue weighted by atomic mass is 10.1. The lowest BCUT2D eigenvalue weighted by Gasteiger charge is -2.13. The third-order valence-electron chi connectivity index (χ3n) is 4.28. The van der Waals surface area contributed by atoms with E-state index >= 15 is 0 Å². The van der Waals surface area contributed by atoms with Gasteiger partial charge in [-0.3, -0.25) is 4.79 Å². The lowest BCUT2D eigenvalue weighted by molar-refractivity contribution is 0.102. The summed E-state index contributed by atoms with van der Waals surface area (Å²) in [5.41, 5.74) is 0.396. The van der Waals surface area contributed by atoms with E-state index in [-0.39, 0.29) is 5.82 Å². The maximum atomic E-state index is 13.4. The molecule has 0 aliphatic heterocycles. The molecule has 0 radical (unpaired) electrons. The molecule has 0 spiro atoms. The van der Waals surface area contributed by atoms with Gasteiger partial charge in [-0.05, 0) is 67.5 Å². The first-order chi connectivity index (χ1) is 14.0. The van der Waals surface area contributed by atoms with Gasteiger partial charge in [0.15, 0.2) is 0 Å². The Balaban J connectivity index is 1.75. The zero-order valence-corrected chi connectivity index (χ0v) is 16.5. The van der Waals surface area contributed by atoms with E-state index < -0.39 is 11.6 Å². The second-order valence-corrected chi connectivity index (χ2v) is 6.94. The first-order valence-corrected chi connectivity index (χ1v) is 9.14. The van der Waals surface area contributed by atoms with Crippen LogP contribution in [0, 0.1) is 5.82 Å². The molecule has 0 aliphatic rings. The van der Waals surface area contributed by atoms with Gasteiger partial charge in [-0.2, -0.15) is 4.68 Å². The van der Waals surface area contributed by atoms with Crippen molar-refractivity contribution in [2.75, 3.05) is 12.4 Å². The molecule has 0 saturated heterocycles. The maximum Gasteiger partial charge on any atom is 0.365 e. The fraction of sp³-hybridized carbons (Fsp3) is 0.0526. The van der Waals surface area contributed by atoms with E-state index in [0.29, 0.717) is 32.5 Å². The third-order valence-corrected chi connectivity index (χ3v) is 4.90. The molecule has 0 aliphatic carbocycles. The summed E-state index contributed by atoms with van der Waals surface area (Å²) in [5.74, 6) is -0.313. The molecule has 2 N–H and O–H groups in total. The molecule has 146 valence electrons. The Morgan fingerprint density at radius 2 is 1.93 bits per heavy atom. The number of aromatic nitrogens is 4. The minimum atomic E-state index is -0.565. The SMILES string of the molecule is COc1cc(NC(=O)c2ccc3cc(F)ccc3c2)c(-n2nn[nH]c2=O)cc1Br. The van der Waals surface area contributed by atoms with Gasteiger partial charge in [0.1, 0.15) is 11.6 Å². The summed E-state index contributed by atoms with van der Waals surface area (Å²) in [6.45, 7) is 0. The summed E-state index contributed by atoms with van der Waals surface area (Å²) in [5, 5.41) is 13.6. The number of tetrazole rings is 1. The number of hydrogen-bond acceptors (Lipinski definition) is 5. The highest BCUT2D eigenvalue weighted by atomic mass is 79.9. The van der Waals surface area contributed by atoms with E-state index in [1.165, 1.54) is 19.2 Å². The van der Waals surface area contributed by atoms with Gasteiger partial charge in [0, 0.05) is 11.6 Å². The van der Waals surface area contributed by atoms with Gasteiger partial charge in [-0.15, -0.1) is 0 Å². The van der Waals surface area contributed by atoms with E-state index in [1.807, 2.05) is 0 Å². The molecule has 4 rings (SSSR count). The molecule has 1 amide bonds. The number of halogens is 2. The van der Waals surface area contributed by atoms with Crippen molar-refractivity contribution in [2.24, 2.45) is 0 Å². The zero-order valence-electron chi connectivity index (χ0n) is 14.9. The van der Waals surface area contributed by atoms with Crippen molar-refractivity contribution in [1.29, 1.82) is 0 Å². The minimum absolute atomic E-state index is 0.297. The topological polar surface area (TPSA) is 102 Å². The molecular weight excluding hydrogens is 445 g/mol. The molecular formula is C19H13BrFN5O3. The number of amides is 1. The number of rotatable bonds is 4. The monoisotopic (exact) mass is 457 g/mol. The van der Waals surface area contributed by atoms with E-state index in [1.54, 1.807) is 36.4 Å². The van der Waals surface area contributed by atoms with Crippen LogP contribution in [0.15, 0.2) is 57.8 Å². The van der Waals surface area contributed by atoms with Gasteiger partial charge in [0.05, 0.1) is 23.0 Å². The Bertz CT molecular complexity index is 1300. The molecule has 29 heavy (non-hydrogen) atoms. The number of nitrogens with zero attached hydrogens (tertiary/aromatic N) is 3. The number of hydrogen-bond donors (Lipinski definition) is 2. The molecule has 0 saturated carbocycles. The second kappa shape index (κ2) is 7.47. The van der Waals surface area contributed by atoms with Crippen LogP contribution in [0.2, 0.25) is 0 Å². The maximum absolute atomic E-state index is 13.4. The van der Waals surface area contributed by atoms with E-state index in [9.17, 15) is 14.0 Å². The van der Waals surface area contributed by atoms with Gasteiger partial charge < -0.3 is 10.1 Å². The van der Waals surface area contributed by atoms with E-state index in [0.717, 1.165) is 10.1 Å². The van der Waals surface area contributed by atoms with Crippen LogP contribution in [0.3, 0.4) is 0 Å². The smallest absolute Gasteiger partial charge is 0.365 e. The van der Waals surface area contributed by atoms with E-state index in [2.05, 4.69) is 36.8 Å². The van der Waals surface area contributed by atoms with Crippen LogP contribution in [-0.2, 0) is 0 Å². The van der Waals surface area contributed by atoms with Crippen molar-refractivity contribution in [3.05, 3.63) is 74.9 Å². The second-order valence-electron chi connectivity index (χ2n) is 6.08. The Morgan fingerprint density at radius 3 is 2.66 bits per heavy atom. The molecule has 1 aromatic heterocycles. The number of carbonyl (C=O) groups is 1. The van der Waals surface area contributed by atoms with Crippen LogP contribution in [0.4, 0.5) is 10.1 Å². The summed E-state index contributed by atoms with van der Waals surface area (Å²) < 4.78 is 20.2. The number of fused-ring (bicyclic) bond motifs is 1. The predicted molar refractivity (Wildman–Crippen MR) is 108 cm³/mol. The Kier molecular flexibility index (Phi) is 4.85. The number of benzene rings is 3. The van der Waals surface area contributed by atoms with Crippen LogP contribution in [-0.4, -0.2) is 33.2 Å². The summed E-state index contributed by atoms with van der Waals surface area (Å²) >= 11 is 3.35. The largest absolute Gasteiger partial charge is 0.495 e. The highest BCUT2D eigenvalue weighted by molar-refractivity contribution is 9.10. The number of carbonyl (C=O) groups excluding carboxylic acids is 1. The predicted octanol–water partition coefficient (Wildman–Crippen LogP) is 3.27. The highest BCUT2D eigenvalue weighted by Gasteiger charge is 2.17. The quantitative estimate of drug-likeness (QED) is 0.489. The van der Waals surface area contributed by atoms with Gasteiger partial charge in [0.25, 0.3) is 5.91 Å². The van der Waals surface area contributed by atoms with Crippen molar-refractivity contribution in [2.45, 2.75) is 0 Å². The molecule has 0 atom stereocenters. The Hall–Kier alpha value is -3.53. The standard InChI is InChI=1S/C19H13BrFN5O3/c1-29-17-9-15(16(8-14(17)20)26-19(28)23-24-25-26)22-18(27)12-3-2-11-7-13(21)5-4-10(11)6-12/h2-9H,1H3,(H,22,27)(H,23,25,28). The molecule has 1 heterocycles. The molecule has 0 fully saturated rings. The van der Waals surface area contributed by atoms with Crippen molar-refractivity contribution >= 4 is 38.3 Å².